The van der Waals surface area contributed by atoms with Crippen LogP contribution in [0.3, 0.4) is 0 Å². The van der Waals surface area contributed by atoms with Crippen LogP contribution in [0.25, 0.3) is 5.57 Å². The van der Waals surface area contributed by atoms with Gasteiger partial charge in [0.15, 0.2) is 0 Å². The lowest BCUT2D eigenvalue weighted by molar-refractivity contribution is -0.0572. The summed E-state index contributed by atoms with van der Waals surface area (Å²) in [5.74, 6) is 4.41. The number of unbranched alkanes of at least 4 members (excludes halogenated alkanes) is 1. The second-order valence-electron chi connectivity index (χ2n) is 13.0. The predicted molar refractivity (Wildman–Crippen MR) is 144 cm³/mol. The van der Waals surface area contributed by atoms with E-state index in [0.29, 0.717) is 10.8 Å². The molecule has 0 aromatic heterocycles. The van der Waals surface area contributed by atoms with E-state index in [2.05, 4.69) is 70.2 Å². The molecule has 3 fully saturated rings. The first kappa shape index (κ1) is 24.4. The third-order valence-corrected chi connectivity index (χ3v) is 11.4. The van der Waals surface area contributed by atoms with E-state index in [9.17, 15) is 5.11 Å². The Kier molecular flexibility index (Phi) is 6.88. The van der Waals surface area contributed by atoms with Crippen molar-refractivity contribution in [1.29, 1.82) is 0 Å². The van der Waals surface area contributed by atoms with Crippen LogP contribution in [-0.2, 0) is 0 Å². The van der Waals surface area contributed by atoms with Crippen molar-refractivity contribution >= 4 is 5.57 Å². The van der Waals surface area contributed by atoms with Crippen molar-refractivity contribution < 1.29 is 5.11 Å². The molecule has 1 heteroatoms. The number of benzene rings is 1. The fourth-order valence-electron chi connectivity index (χ4n) is 9.40. The van der Waals surface area contributed by atoms with Gasteiger partial charge in [0.25, 0.3) is 0 Å². The zero-order valence-electron chi connectivity index (χ0n) is 22.2. The summed E-state index contributed by atoms with van der Waals surface area (Å²) in [4.78, 5) is 0. The first-order valence-corrected chi connectivity index (χ1v) is 14.4. The van der Waals surface area contributed by atoms with Gasteiger partial charge in [-0.3, -0.25) is 0 Å². The van der Waals surface area contributed by atoms with Crippen LogP contribution in [0.2, 0.25) is 0 Å². The molecule has 8 atom stereocenters. The molecule has 0 radical (unpaired) electrons. The summed E-state index contributed by atoms with van der Waals surface area (Å²) in [7, 11) is 0. The molecule has 34 heavy (non-hydrogen) atoms. The highest BCUT2D eigenvalue weighted by atomic mass is 16.3. The molecule has 0 heterocycles. The average Bonchev–Trinajstić information content (AvgIpc) is 3.20. The molecule has 0 bridgehead atoms. The quantitative estimate of drug-likeness (QED) is 0.332. The Hall–Kier alpha value is -1.34. The van der Waals surface area contributed by atoms with Crippen molar-refractivity contribution in [1.82, 2.24) is 0 Å². The summed E-state index contributed by atoms with van der Waals surface area (Å²) in [6, 6.07) is 10.8. The van der Waals surface area contributed by atoms with Crippen LogP contribution < -0.4 is 0 Å². The Balaban J connectivity index is 1.21. The van der Waals surface area contributed by atoms with E-state index in [4.69, 9.17) is 0 Å². The molecule has 4 aliphatic rings. The van der Waals surface area contributed by atoms with Crippen molar-refractivity contribution in [3.05, 3.63) is 53.6 Å². The number of hydrogen-bond acceptors (Lipinski definition) is 1. The predicted octanol–water partition coefficient (Wildman–Crippen LogP) is 8.84. The molecule has 0 saturated heterocycles. The zero-order valence-corrected chi connectivity index (χ0v) is 22.2. The molecule has 1 aromatic rings. The van der Waals surface area contributed by atoms with Gasteiger partial charge in [0.2, 0.25) is 0 Å². The van der Waals surface area contributed by atoms with Crippen LogP contribution in [0.15, 0.2) is 48.1 Å². The van der Waals surface area contributed by atoms with Crippen molar-refractivity contribution in [3.63, 3.8) is 0 Å². The van der Waals surface area contributed by atoms with Gasteiger partial charge < -0.3 is 5.11 Å². The van der Waals surface area contributed by atoms with E-state index < -0.39 is 0 Å². The number of rotatable bonds is 6. The summed E-state index contributed by atoms with van der Waals surface area (Å²) < 4.78 is 0. The minimum Gasteiger partial charge on any atom is -0.393 e. The monoisotopic (exact) mass is 460 g/mol. The van der Waals surface area contributed by atoms with Gasteiger partial charge in [-0.2, -0.15) is 0 Å². The molecule has 4 aliphatic carbocycles. The Morgan fingerprint density at radius 3 is 2.65 bits per heavy atom. The van der Waals surface area contributed by atoms with Gasteiger partial charge in [-0.05, 0) is 123 Å². The second-order valence-corrected chi connectivity index (χ2v) is 13.0. The van der Waals surface area contributed by atoms with E-state index in [0.717, 1.165) is 42.4 Å². The Labute approximate surface area is 209 Å². The van der Waals surface area contributed by atoms with E-state index in [1.165, 1.54) is 68.9 Å². The SMILES string of the molecule is CC(=CCCCC(C)C1CCC2C3CC=C4CC(O)CCC4(C)C3CCC12C)c1ccccc1. The molecule has 1 nitrogen and oxygen atoms in total. The number of fused-ring (bicyclic) bond motifs is 5. The second kappa shape index (κ2) is 9.61. The minimum absolute atomic E-state index is 0.0900. The summed E-state index contributed by atoms with van der Waals surface area (Å²) in [6.45, 7) is 10.1. The number of hydrogen-bond donors (Lipinski definition) is 1. The highest BCUT2D eigenvalue weighted by Crippen LogP contribution is 2.67. The zero-order chi connectivity index (χ0) is 23.9. The van der Waals surface area contributed by atoms with Crippen molar-refractivity contribution in [3.8, 4) is 0 Å². The molecule has 0 amide bonds. The van der Waals surface area contributed by atoms with Crippen LogP contribution in [-0.4, -0.2) is 11.2 Å². The fraction of sp³-hybridized carbons (Fsp3) is 0.697. The van der Waals surface area contributed by atoms with Gasteiger partial charge in [-0.25, -0.2) is 0 Å². The van der Waals surface area contributed by atoms with Crippen LogP contribution in [0, 0.1) is 40.4 Å². The van der Waals surface area contributed by atoms with E-state index in [1.54, 1.807) is 5.57 Å². The Morgan fingerprint density at radius 1 is 1.06 bits per heavy atom. The maximum absolute atomic E-state index is 10.3. The summed E-state index contributed by atoms with van der Waals surface area (Å²) >= 11 is 0. The molecule has 186 valence electrons. The van der Waals surface area contributed by atoms with Crippen LogP contribution >= 0.6 is 0 Å². The van der Waals surface area contributed by atoms with Crippen molar-refractivity contribution in [2.45, 2.75) is 104 Å². The Morgan fingerprint density at radius 2 is 1.85 bits per heavy atom. The van der Waals surface area contributed by atoms with E-state index in [1.807, 2.05) is 0 Å². The Bertz CT molecular complexity index is 912. The number of allylic oxidation sites excluding steroid dienone is 3. The van der Waals surface area contributed by atoms with Crippen LogP contribution in [0.4, 0.5) is 0 Å². The number of aliphatic hydroxyl groups excluding tert-OH is 1. The largest absolute Gasteiger partial charge is 0.393 e. The maximum Gasteiger partial charge on any atom is 0.0577 e. The normalized spacial score (nSPS) is 40.7. The van der Waals surface area contributed by atoms with Crippen molar-refractivity contribution in [2.75, 3.05) is 0 Å². The van der Waals surface area contributed by atoms with Crippen LogP contribution in [0.5, 0.6) is 0 Å². The van der Waals surface area contributed by atoms with E-state index >= 15 is 0 Å². The summed E-state index contributed by atoms with van der Waals surface area (Å²) in [5.41, 5.74) is 5.32. The smallest absolute Gasteiger partial charge is 0.0577 e. The molecule has 8 unspecified atom stereocenters. The molecule has 3 saturated carbocycles. The van der Waals surface area contributed by atoms with Gasteiger partial charge in [0.1, 0.15) is 0 Å². The topological polar surface area (TPSA) is 20.2 Å². The van der Waals surface area contributed by atoms with Gasteiger partial charge >= 0.3 is 0 Å². The number of aliphatic hydroxyl groups is 1. The highest BCUT2D eigenvalue weighted by molar-refractivity contribution is 5.63. The van der Waals surface area contributed by atoms with Gasteiger partial charge in [-0.15, -0.1) is 0 Å². The highest BCUT2D eigenvalue weighted by Gasteiger charge is 2.59. The third kappa shape index (κ3) is 4.25. The lowest BCUT2D eigenvalue weighted by Gasteiger charge is -2.58. The molecular weight excluding hydrogens is 412 g/mol. The van der Waals surface area contributed by atoms with Gasteiger partial charge in [0, 0.05) is 0 Å². The van der Waals surface area contributed by atoms with Crippen molar-refractivity contribution in [2.24, 2.45) is 40.4 Å². The van der Waals surface area contributed by atoms with Crippen LogP contribution in [0.1, 0.15) is 104 Å². The lowest BCUT2D eigenvalue weighted by atomic mass is 9.47. The first-order chi connectivity index (χ1) is 16.3. The van der Waals surface area contributed by atoms with E-state index in [-0.39, 0.29) is 6.10 Å². The molecule has 1 aromatic carbocycles. The molecule has 1 N–H and O–H groups in total. The maximum atomic E-state index is 10.3. The lowest BCUT2D eigenvalue weighted by Crippen LogP contribution is -2.50. The standard InChI is InChI=1S/C33H48O/c1-23(25-12-6-5-7-13-25)10-8-9-11-24(2)29-16-17-30-28-15-14-26-22-27(34)18-20-32(26,3)31(28)19-21-33(29,30)4/h5-7,10,12-14,24,27-31,34H,8-9,11,15-22H2,1-4H3. The fourth-order valence-corrected chi connectivity index (χ4v) is 9.40. The van der Waals surface area contributed by atoms with Gasteiger partial charge in [0.05, 0.1) is 6.10 Å². The first-order valence-electron chi connectivity index (χ1n) is 14.4. The summed E-state index contributed by atoms with van der Waals surface area (Å²) in [5, 5.41) is 10.3. The minimum atomic E-state index is -0.0900. The molecule has 5 rings (SSSR count). The average molecular weight is 461 g/mol. The molecule has 0 aliphatic heterocycles. The summed E-state index contributed by atoms with van der Waals surface area (Å²) in [6.07, 6.45) is 19.1. The third-order valence-electron chi connectivity index (χ3n) is 11.4. The molecular formula is C33H48O. The molecule has 0 spiro atoms. The van der Waals surface area contributed by atoms with Gasteiger partial charge in [-0.1, -0.05) is 75.2 Å².